The van der Waals surface area contributed by atoms with Crippen molar-refractivity contribution in [3.05, 3.63) is 48.3 Å². The molecule has 62 heavy (non-hydrogen) atoms. The van der Waals surface area contributed by atoms with E-state index in [1.807, 2.05) is 26.0 Å². The Balaban J connectivity index is 0.000000307. The summed E-state index contributed by atoms with van der Waals surface area (Å²) in [5, 5.41) is 83.5. The van der Waals surface area contributed by atoms with Crippen molar-refractivity contribution in [1.82, 2.24) is 39.4 Å². The van der Waals surface area contributed by atoms with Crippen molar-refractivity contribution < 1.29 is 63.2 Å². The molecule has 2 aliphatic rings. The van der Waals surface area contributed by atoms with E-state index in [9.17, 15) is 50.2 Å². The molecule has 0 saturated carbocycles. The number of carbonyl (C=O) groups excluding carboxylic acids is 2. The monoisotopic (exact) mass is 890 g/mol. The number of nitrogens with one attached hydrogen (secondary N) is 2. The van der Waals surface area contributed by atoms with E-state index in [4.69, 9.17) is 34.9 Å². The van der Waals surface area contributed by atoms with Crippen LogP contribution in [-0.2, 0) is 48.8 Å². The number of nitrogens with zero attached hydrogens (tertiary/aromatic N) is 8. The topological polar surface area (TPSA) is 383 Å². The van der Waals surface area contributed by atoms with E-state index < -0.39 is 92.7 Å². The van der Waals surface area contributed by atoms with Gasteiger partial charge in [0.1, 0.15) is 84.5 Å². The molecule has 0 aromatic carbocycles. The maximum Gasteiger partial charge on any atom is 0.342 e. The first-order valence-electron chi connectivity index (χ1n) is 19.3. The molecule has 6 heterocycles. The number of hydrogen-bond acceptors (Lipinski definition) is 21. The molecule has 26 heteroatoms. The Labute approximate surface area is 354 Å². The second-order valence-corrected chi connectivity index (χ2v) is 15.3. The number of ether oxygens (including phenoxy) is 4. The summed E-state index contributed by atoms with van der Waals surface area (Å²) in [4.78, 5) is 32.0. The highest BCUT2D eigenvalue weighted by Crippen LogP contribution is 2.44. The van der Waals surface area contributed by atoms with Gasteiger partial charge in [-0.3, -0.25) is 14.2 Å². The van der Waals surface area contributed by atoms with Crippen LogP contribution in [-0.4, -0.2) is 142 Å². The number of esters is 2. The van der Waals surface area contributed by atoms with Crippen molar-refractivity contribution in [1.29, 1.82) is 10.5 Å². The van der Waals surface area contributed by atoms with Crippen LogP contribution in [0.2, 0.25) is 0 Å². The van der Waals surface area contributed by atoms with Crippen LogP contribution in [0, 0.1) is 22.7 Å². The summed E-state index contributed by atoms with van der Waals surface area (Å²) in [6, 6.07) is 7.55. The van der Waals surface area contributed by atoms with Gasteiger partial charge in [0.25, 0.3) is 0 Å². The first-order valence-corrected chi connectivity index (χ1v) is 20.9. The van der Waals surface area contributed by atoms with Gasteiger partial charge in [-0.2, -0.15) is 20.7 Å². The molecule has 0 amide bonds. The maximum absolute atomic E-state index is 13.7. The fourth-order valence-corrected chi connectivity index (χ4v) is 8.36. The smallest absolute Gasteiger partial charge is 0.342 e. The number of aromatic nitrogens is 6. The first-order chi connectivity index (χ1) is 29.5. The molecule has 2 saturated heterocycles. The predicted molar refractivity (Wildman–Crippen MR) is 214 cm³/mol. The van der Waals surface area contributed by atoms with Crippen molar-refractivity contribution in [3.8, 4) is 12.1 Å². The normalized spacial score (nSPS) is 26.6. The summed E-state index contributed by atoms with van der Waals surface area (Å²) >= 11 is 0. The Bertz CT molecular complexity index is 2290. The summed E-state index contributed by atoms with van der Waals surface area (Å²) in [6.45, 7) is 8.94. The number of anilines is 2. The van der Waals surface area contributed by atoms with Crippen molar-refractivity contribution >= 4 is 42.3 Å². The minimum absolute atomic E-state index is 0.0643. The van der Waals surface area contributed by atoms with E-state index in [2.05, 4.69) is 30.3 Å². The third kappa shape index (κ3) is 9.48. The molecule has 0 radical (unpaired) electrons. The molecule has 338 valence electrons. The Hall–Kier alpha value is -5.41. The highest BCUT2D eigenvalue weighted by Gasteiger charge is 2.59. The van der Waals surface area contributed by atoms with Crippen LogP contribution in [0.25, 0.3) is 11.0 Å². The fraction of sp³-hybridized carbons (Fsp3) is 0.556. The number of nitriles is 2. The van der Waals surface area contributed by atoms with Gasteiger partial charge in [0.2, 0.25) is 11.2 Å². The van der Waals surface area contributed by atoms with Gasteiger partial charge in [-0.15, -0.1) is 0 Å². The standard InChI is InChI=1S/C22H32N7O9P.C12H13N5O4.C2H6/c1-5-35-20(32)12(3)27-39(34,28-13(4)21(33)36-6-2)37-9-15-17(30)18(31)22(10-23,38-15)16-8-7-14-19(24)25-11-26-29(14)16;13-4-12(10(20)9(19)7(3-18)21-12)8-2-1-6-11(14)15-5-16-17(6)8;1-2/h7-8,11-13,15,17-18,30-31H,5-6,9H2,1-4H3,(H2,24,25,26)(H2,27,28,34);1-2,5,7,9-10,18-20H,3H2,(H2,14,15,16);1-2H3/t12-,13-,15+,17+,18+,22-;7-,9-,10-,12+;/m01./s1. The van der Waals surface area contributed by atoms with Crippen molar-refractivity contribution in [3.63, 3.8) is 0 Å². The second-order valence-electron chi connectivity index (χ2n) is 13.4. The number of aliphatic hydroxyl groups excluding tert-OH is 5. The number of hydrogen-bond donors (Lipinski definition) is 9. The van der Waals surface area contributed by atoms with Gasteiger partial charge in [-0.1, -0.05) is 13.8 Å². The number of rotatable bonds is 14. The number of aliphatic hydroxyl groups is 5. The Morgan fingerprint density at radius 3 is 1.60 bits per heavy atom. The zero-order valence-electron chi connectivity index (χ0n) is 34.6. The molecule has 0 unspecified atom stereocenters. The van der Waals surface area contributed by atoms with Gasteiger partial charge in [0, 0.05) is 0 Å². The highest BCUT2D eigenvalue weighted by atomic mass is 31.2. The lowest BCUT2D eigenvalue weighted by Gasteiger charge is -2.27. The van der Waals surface area contributed by atoms with Gasteiger partial charge in [0.05, 0.1) is 37.8 Å². The van der Waals surface area contributed by atoms with E-state index in [0.717, 1.165) is 6.33 Å². The summed E-state index contributed by atoms with van der Waals surface area (Å²) in [5.74, 6) is -1.15. The number of carbonyl (C=O) groups is 2. The molecule has 0 spiro atoms. The summed E-state index contributed by atoms with van der Waals surface area (Å²) in [7, 11) is -4.24. The molecule has 25 nitrogen and oxygen atoms in total. The molecule has 0 aliphatic carbocycles. The van der Waals surface area contributed by atoms with Crippen LogP contribution in [0.1, 0.15) is 52.9 Å². The van der Waals surface area contributed by atoms with E-state index >= 15 is 0 Å². The van der Waals surface area contributed by atoms with Gasteiger partial charge >= 0.3 is 19.6 Å². The minimum Gasteiger partial charge on any atom is -0.465 e. The van der Waals surface area contributed by atoms with Crippen molar-refractivity contribution in [2.24, 2.45) is 0 Å². The van der Waals surface area contributed by atoms with Crippen LogP contribution in [0.5, 0.6) is 0 Å². The SMILES string of the molecule is CC.CCOC(=O)[C@H](C)NP(=O)(N[C@@H](C)C(=O)OCC)OC[C@H]1O[C@@](C#N)(c2ccc3c(N)ncnn23)[C@H](O)[C@@H]1O.N#C[C@@]1(c2ccc3c(N)ncnn23)O[C@H](CO)[C@@H](O)[C@H]1O. The number of fused-ring (bicyclic) bond motifs is 2. The number of nitrogens with two attached hydrogens (primary N) is 2. The zero-order chi connectivity index (χ0) is 46.2. The predicted octanol–water partition coefficient (Wildman–Crippen LogP) is -1.47. The van der Waals surface area contributed by atoms with Crippen LogP contribution in [0.15, 0.2) is 36.9 Å². The molecule has 4 aromatic rings. The average molecular weight is 891 g/mol. The quantitative estimate of drug-likeness (QED) is 0.0515. The van der Waals surface area contributed by atoms with Crippen molar-refractivity contribution in [2.75, 3.05) is 37.9 Å². The molecule has 4 aromatic heterocycles. The largest absolute Gasteiger partial charge is 0.465 e. The zero-order valence-corrected chi connectivity index (χ0v) is 35.5. The van der Waals surface area contributed by atoms with Crippen molar-refractivity contribution in [2.45, 2.75) is 101 Å². The van der Waals surface area contributed by atoms with E-state index in [1.54, 1.807) is 19.9 Å². The van der Waals surface area contributed by atoms with Gasteiger partial charge in [0.15, 0.2) is 11.6 Å². The molecular formula is C36H51N12O13P. The molecule has 2 aliphatic heterocycles. The molecule has 11 N–H and O–H groups in total. The van der Waals surface area contributed by atoms with Gasteiger partial charge in [-0.25, -0.2) is 29.2 Å². The minimum atomic E-state index is -4.24. The summed E-state index contributed by atoms with van der Waals surface area (Å²) in [6.07, 6.45) is -6.46. The van der Waals surface area contributed by atoms with E-state index in [-0.39, 0.29) is 36.2 Å². The highest BCUT2D eigenvalue weighted by molar-refractivity contribution is 7.54. The van der Waals surface area contributed by atoms with Crippen LogP contribution >= 0.6 is 7.67 Å². The molecule has 0 bridgehead atoms. The fourth-order valence-electron chi connectivity index (χ4n) is 6.55. The van der Waals surface area contributed by atoms with Gasteiger partial charge in [-0.05, 0) is 52.0 Å². The lowest BCUT2D eigenvalue weighted by molar-refractivity contribution is -0.145. The van der Waals surface area contributed by atoms with Crippen LogP contribution < -0.4 is 21.6 Å². The molecule has 2 fully saturated rings. The maximum atomic E-state index is 13.7. The Kier molecular flexibility index (Phi) is 16.4. The third-order valence-corrected chi connectivity index (χ3v) is 11.5. The van der Waals surface area contributed by atoms with Crippen LogP contribution in [0.4, 0.5) is 11.6 Å². The average Bonchev–Trinajstić information content (AvgIpc) is 4.02. The van der Waals surface area contributed by atoms with Gasteiger partial charge < -0.3 is 60.5 Å². The first kappa shape index (κ1) is 49.2. The molecule has 10 atom stereocenters. The molecule has 6 rings (SSSR count). The second kappa shape index (κ2) is 20.6. The third-order valence-electron chi connectivity index (χ3n) is 9.58. The number of nitrogen functional groups attached to an aromatic ring is 2. The van der Waals surface area contributed by atoms with E-state index in [1.165, 1.54) is 47.4 Å². The summed E-state index contributed by atoms with van der Waals surface area (Å²) in [5.41, 5.74) is 8.68. The summed E-state index contributed by atoms with van der Waals surface area (Å²) < 4.78 is 42.9. The van der Waals surface area contributed by atoms with Crippen LogP contribution in [0.3, 0.4) is 0 Å². The lowest BCUT2D eigenvalue weighted by Crippen LogP contribution is -2.43. The van der Waals surface area contributed by atoms with E-state index in [0.29, 0.717) is 11.0 Å². The Morgan fingerprint density at radius 2 is 1.23 bits per heavy atom. The molecular weight excluding hydrogens is 839 g/mol. The lowest BCUT2D eigenvalue weighted by atomic mass is 9.92. The Morgan fingerprint density at radius 1 is 0.823 bits per heavy atom.